The van der Waals surface area contributed by atoms with E-state index >= 15 is 0 Å². The van der Waals surface area contributed by atoms with Gasteiger partial charge in [0.05, 0.1) is 6.10 Å². The van der Waals surface area contributed by atoms with Crippen LogP contribution in [0.25, 0.3) is 0 Å². The van der Waals surface area contributed by atoms with Gasteiger partial charge in [0.1, 0.15) is 6.04 Å². The van der Waals surface area contributed by atoms with Gasteiger partial charge < -0.3 is 15.9 Å². The van der Waals surface area contributed by atoms with Crippen LogP contribution in [0.3, 0.4) is 0 Å². The van der Waals surface area contributed by atoms with E-state index in [2.05, 4.69) is 4.72 Å². The fourth-order valence-corrected chi connectivity index (χ4v) is 2.89. The molecule has 1 heterocycles. The van der Waals surface area contributed by atoms with E-state index < -0.39 is 28.3 Å². The third-order valence-corrected chi connectivity index (χ3v) is 4.43. The van der Waals surface area contributed by atoms with Gasteiger partial charge in [-0.05, 0) is 19.3 Å². The number of aliphatic hydroxyl groups is 1. The number of hydrogen-bond acceptors (Lipinski definition) is 5. The lowest BCUT2D eigenvalue weighted by Crippen LogP contribution is -2.47. The average molecular weight is 281 g/mol. The number of carboxylic acids is 1. The summed E-state index contributed by atoms with van der Waals surface area (Å²) in [5.74, 6) is -1.16. The molecule has 18 heavy (non-hydrogen) atoms. The van der Waals surface area contributed by atoms with Crippen LogP contribution < -0.4 is 10.5 Å². The highest BCUT2D eigenvalue weighted by atomic mass is 32.2. The number of nitrogens with two attached hydrogens (primary N) is 1. The predicted molar refractivity (Wildman–Crippen MR) is 64.0 cm³/mol. The summed E-state index contributed by atoms with van der Waals surface area (Å²) in [5, 5.41) is 17.8. The summed E-state index contributed by atoms with van der Waals surface area (Å²) in [7, 11) is -3.60. The number of nitrogens with zero attached hydrogens (tertiary/aromatic N) is 1. The van der Waals surface area contributed by atoms with Crippen molar-refractivity contribution in [2.75, 3.05) is 19.6 Å². The van der Waals surface area contributed by atoms with Crippen molar-refractivity contribution in [1.82, 2.24) is 9.03 Å². The highest BCUT2D eigenvalue weighted by Gasteiger charge is 2.26. The monoisotopic (exact) mass is 281 g/mol. The van der Waals surface area contributed by atoms with Gasteiger partial charge in [0.25, 0.3) is 10.2 Å². The van der Waals surface area contributed by atoms with Crippen LogP contribution in [-0.4, -0.2) is 60.7 Å². The SMILES string of the molecule is NC(CCNS(=O)(=O)N1CCC(O)CC1)C(=O)O. The topological polar surface area (TPSA) is 133 Å². The molecule has 0 aromatic carbocycles. The fraction of sp³-hybridized carbons (Fsp3) is 0.889. The van der Waals surface area contributed by atoms with Gasteiger partial charge in [0.15, 0.2) is 0 Å². The summed E-state index contributed by atoms with van der Waals surface area (Å²) in [6, 6.07) is -1.07. The van der Waals surface area contributed by atoms with E-state index in [-0.39, 0.29) is 26.1 Å². The van der Waals surface area contributed by atoms with Crippen molar-refractivity contribution in [2.24, 2.45) is 5.73 Å². The molecule has 0 bridgehead atoms. The van der Waals surface area contributed by atoms with Crippen LogP contribution in [0, 0.1) is 0 Å². The van der Waals surface area contributed by atoms with Gasteiger partial charge in [-0.1, -0.05) is 0 Å². The van der Waals surface area contributed by atoms with Crippen molar-refractivity contribution in [3.63, 3.8) is 0 Å². The number of carboxylic acid groups (broad SMARTS) is 1. The molecule has 0 spiro atoms. The molecule has 9 heteroatoms. The smallest absolute Gasteiger partial charge is 0.320 e. The van der Waals surface area contributed by atoms with Crippen LogP contribution in [0.4, 0.5) is 0 Å². The lowest BCUT2D eigenvalue weighted by molar-refractivity contribution is -0.138. The maximum Gasteiger partial charge on any atom is 0.320 e. The summed E-state index contributed by atoms with van der Waals surface area (Å²) in [6.45, 7) is 0.512. The van der Waals surface area contributed by atoms with Crippen molar-refractivity contribution >= 4 is 16.2 Å². The fourth-order valence-electron chi connectivity index (χ4n) is 1.64. The molecule has 0 amide bonds. The van der Waals surface area contributed by atoms with Crippen molar-refractivity contribution < 1.29 is 23.4 Å². The molecule has 106 valence electrons. The number of aliphatic hydroxyl groups excluding tert-OH is 1. The van der Waals surface area contributed by atoms with Crippen molar-refractivity contribution in [3.8, 4) is 0 Å². The van der Waals surface area contributed by atoms with E-state index in [4.69, 9.17) is 10.8 Å². The van der Waals surface area contributed by atoms with Crippen LogP contribution in [0.15, 0.2) is 0 Å². The Labute approximate surface area is 106 Å². The van der Waals surface area contributed by atoms with E-state index in [1.54, 1.807) is 0 Å². The van der Waals surface area contributed by atoms with Crippen molar-refractivity contribution in [1.29, 1.82) is 0 Å². The van der Waals surface area contributed by atoms with E-state index in [0.717, 1.165) is 0 Å². The molecular formula is C9H19N3O5S. The quantitative estimate of drug-likeness (QED) is 0.448. The summed E-state index contributed by atoms with van der Waals surface area (Å²) < 4.78 is 27.1. The predicted octanol–water partition coefficient (Wildman–Crippen LogP) is -1.92. The second kappa shape index (κ2) is 6.43. The van der Waals surface area contributed by atoms with E-state index in [0.29, 0.717) is 12.8 Å². The first-order chi connectivity index (χ1) is 8.33. The molecule has 0 saturated carbocycles. The molecule has 1 aliphatic heterocycles. The number of rotatable bonds is 6. The lowest BCUT2D eigenvalue weighted by atomic mass is 10.1. The third kappa shape index (κ3) is 4.50. The first kappa shape index (κ1) is 15.3. The number of piperidine rings is 1. The van der Waals surface area contributed by atoms with Gasteiger partial charge in [-0.15, -0.1) is 0 Å². The molecule has 1 fully saturated rings. The van der Waals surface area contributed by atoms with Crippen molar-refractivity contribution in [2.45, 2.75) is 31.4 Å². The normalized spacial score (nSPS) is 20.8. The van der Waals surface area contributed by atoms with E-state index in [9.17, 15) is 18.3 Å². The number of carbonyl (C=O) groups is 1. The van der Waals surface area contributed by atoms with Gasteiger partial charge in [0.2, 0.25) is 0 Å². The molecule has 1 unspecified atom stereocenters. The first-order valence-electron chi connectivity index (χ1n) is 5.74. The first-order valence-corrected chi connectivity index (χ1v) is 7.18. The second-order valence-corrected chi connectivity index (χ2v) is 6.02. The molecule has 5 N–H and O–H groups in total. The number of nitrogens with one attached hydrogen (secondary N) is 1. The van der Waals surface area contributed by atoms with E-state index in [1.807, 2.05) is 0 Å². The molecule has 0 aromatic rings. The Morgan fingerprint density at radius 3 is 2.50 bits per heavy atom. The minimum Gasteiger partial charge on any atom is -0.480 e. The van der Waals surface area contributed by atoms with Gasteiger partial charge >= 0.3 is 5.97 Å². The standard InChI is InChI=1S/C9H19N3O5S/c10-8(9(14)15)1-4-11-18(16,17)12-5-2-7(13)3-6-12/h7-8,11,13H,1-6,10H2,(H,14,15). The van der Waals surface area contributed by atoms with E-state index in [1.165, 1.54) is 4.31 Å². The Morgan fingerprint density at radius 2 is 2.00 bits per heavy atom. The minimum atomic E-state index is -3.60. The number of hydrogen-bond donors (Lipinski definition) is 4. The van der Waals surface area contributed by atoms with Crippen LogP contribution in [-0.2, 0) is 15.0 Å². The largest absolute Gasteiger partial charge is 0.480 e. The Hall–Kier alpha value is -0.740. The highest BCUT2D eigenvalue weighted by Crippen LogP contribution is 2.12. The molecule has 0 radical (unpaired) electrons. The van der Waals surface area contributed by atoms with Crippen LogP contribution in [0.1, 0.15) is 19.3 Å². The zero-order valence-electron chi connectivity index (χ0n) is 9.95. The van der Waals surface area contributed by atoms with Gasteiger partial charge in [-0.25, -0.2) is 4.72 Å². The summed E-state index contributed by atoms with van der Waals surface area (Å²) in [5.41, 5.74) is 5.26. The summed E-state index contributed by atoms with van der Waals surface area (Å²) in [4.78, 5) is 10.5. The average Bonchev–Trinajstić information content (AvgIpc) is 2.29. The zero-order valence-corrected chi connectivity index (χ0v) is 10.8. The maximum absolute atomic E-state index is 11.8. The van der Waals surface area contributed by atoms with Crippen LogP contribution >= 0.6 is 0 Å². The summed E-state index contributed by atoms with van der Waals surface area (Å²) in [6.07, 6.45) is 0.410. The lowest BCUT2D eigenvalue weighted by Gasteiger charge is -2.28. The Balaban J connectivity index is 2.38. The van der Waals surface area contributed by atoms with Crippen LogP contribution in [0.5, 0.6) is 0 Å². The minimum absolute atomic E-state index is 0.0190. The zero-order chi connectivity index (χ0) is 13.8. The Kier molecular flexibility index (Phi) is 5.47. The Bertz CT molecular complexity index is 378. The molecule has 0 aromatic heterocycles. The molecule has 8 nitrogen and oxygen atoms in total. The molecule has 1 atom stereocenters. The molecule has 0 aliphatic carbocycles. The number of aliphatic carboxylic acids is 1. The van der Waals surface area contributed by atoms with Gasteiger partial charge in [0, 0.05) is 19.6 Å². The molecular weight excluding hydrogens is 262 g/mol. The maximum atomic E-state index is 11.8. The van der Waals surface area contributed by atoms with Crippen LogP contribution in [0.2, 0.25) is 0 Å². The summed E-state index contributed by atoms with van der Waals surface area (Å²) >= 11 is 0. The molecule has 1 rings (SSSR count). The second-order valence-electron chi connectivity index (χ2n) is 4.26. The van der Waals surface area contributed by atoms with Crippen molar-refractivity contribution in [3.05, 3.63) is 0 Å². The Morgan fingerprint density at radius 1 is 1.44 bits per heavy atom. The van der Waals surface area contributed by atoms with Gasteiger partial charge in [-0.2, -0.15) is 12.7 Å². The molecule has 1 saturated heterocycles. The highest BCUT2D eigenvalue weighted by molar-refractivity contribution is 7.87. The van der Waals surface area contributed by atoms with Gasteiger partial charge in [-0.3, -0.25) is 4.79 Å². The third-order valence-electron chi connectivity index (χ3n) is 2.82. The molecule has 1 aliphatic rings.